The van der Waals surface area contributed by atoms with Gasteiger partial charge in [-0.15, -0.1) is 0 Å². The third-order valence-corrected chi connectivity index (χ3v) is 3.23. The van der Waals surface area contributed by atoms with E-state index in [9.17, 15) is 19.5 Å². The monoisotopic (exact) mass is 304 g/mol. The lowest BCUT2D eigenvalue weighted by Crippen LogP contribution is -2.39. The number of carboxylic acids is 1. The van der Waals surface area contributed by atoms with E-state index < -0.39 is 24.0 Å². The molecule has 0 fully saturated rings. The number of carbonyl (C=O) groups is 2. The van der Waals surface area contributed by atoms with Gasteiger partial charge in [0, 0.05) is 17.0 Å². The van der Waals surface area contributed by atoms with Crippen LogP contribution in [0.4, 0.5) is 0 Å². The highest BCUT2D eigenvalue weighted by Gasteiger charge is 2.09. The molecule has 1 aromatic heterocycles. The highest BCUT2D eigenvalue weighted by Crippen LogP contribution is 2.23. The molecule has 1 aromatic carbocycles. The van der Waals surface area contributed by atoms with Crippen molar-refractivity contribution in [3.05, 3.63) is 39.7 Å². The molecule has 0 unspecified atom stereocenters. The summed E-state index contributed by atoms with van der Waals surface area (Å²) in [6.45, 7) is 2.58. The number of carbonyl (C=O) groups excluding carboxylic acids is 2. The lowest BCUT2D eigenvalue weighted by molar-refractivity contribution is -0.304. The molecular weight excluding hydrogens is 290 g/mol. The van der Waals surface area contributed by atoms with Gasteiger partial charge in [-0.3, -0.25) is 4.79 Å². The predicted molar refractivity (Wildman–Crippen MR) is 75.5 cm³/mol. The van der Waals surface area contributed by atoms with Gasteiger partial charge in [-0.2, -0.15) is 0 Å². The third kappa shape index (κ3) is 3.43. The Kier molecular flexibility index (Phi) is 4.45. The van der Waals surface area contributed by atoms with E-state index in [1.807, 2.05) is 6.92 Å². The Labute approximate surface area is 125 Å². The molecule has 0 bridgehead atoms. The molecule has 0 aliphatic heterocycles. The van der Waals surface area contributed by atoms with Gasteiger partial charge in [0.05, 0.1) is 12.5 Å². The van der Waals surface area contributed by atoms with Crippen LogP contribution in [0.5, 0.6) is 5.75 Å². The average molecular weight is 304 g/mol. The Morgan fingerprint density at radius 3 is 2.68 bits per heavy atom. The van der Waals surface area contributed by atoms with Gasteiger partial charge in [0.25, 0.3) is 5.91 Å². The van der Waals surface area contributed by atoms with Gasteiger partial charge in [0.2, 0.25) is 0 Å². The van der Waals surface area contributed by atoms with Crippen LogP contribution >= 0.6 is 0 Å². The number of ether oxygens (including phenoxy) is 1. The molecule has 1 heterocycles. The average Bonchev–Trinajstić information content (AvgIpc) is 2.48. The van der Waals surface area contributed by atoms with Crippen molar-refractivity contribution in [2.75, 3.05) is 13.2 Å². The maximum atomic E-state index is 11.6. The molecule has 2 rings (SSSR count). The van der Waals surface area contributed by atoms with Gasteiger partial charge < -0.3 is 24.4 Å². The van der Waals surface area contributed by atoms with E-state index in [-0.39, 0.29) is 6.61 Å². The summed E-state index contributed by atoms with van der Waals surface area (Å²) in [4.78, 5) is 33.2. The van der Waals surface area contributed by atoms with Crippen molar-refractivity contribution in [3.8, 4) is 5.75 Å². The van der Waals surface area contributed by atoms with E-state index in [4.69, 9.17) is 9.15 Å². The molecule has 0 radical (unpaired) electrons. The lowest BCUT2D eigenvalue weighted by Gasteiger charge is -2.09. The van der Waals surface area contributed by atoms with Crippen LogP contribution in [0, 0.1) is 13.8 Å². The minimum absolute atomic E-state index is 0.336. The Hall–Kier alpha value is -2.83. The summed E-state index contributed by atoms with van der Waals surface area (Å²) in [6.07, 6.45) is 0. The largest absolute Gasteiger partial charge is 0.548 e. The molecule has 116 valence electrons. The number of amides is 1. The molecule has 0 saturated heterocycles. The van der Waals surface area contributed by atoms with Crippen LogP contribution in [0.25, 0.3) is 11.0 Å². The minimum atomic E-state index is -1.38. The zero-order chi connectivity index (χ0) is 16.3. The molecule has 1 N–H and O–H groups in total. The summed E-state index contributed by atoms with van der Waals surface area (Å²) in [7, 11) is 0. The molecule has 2 aromatic rings. The van der Waals surface area contributed by atoms with Crippen LogP contribution in [-0.4, -0.2) is 25.0 Å². The van der Waals surface area contributed by atoms with Crippen molar-refractivity contribution in [1.29, 1.82) is 0 Å². The second-order valence-electron chi connectivity index (χ2n) is 4.73. The van der Waals surface area contributed by atoms with Crippen LogP contribution in [0.1, 0.15) is 11.1 Å². The van der Waals surface area contributed by atoms with Gasteiger partial charge in [-0.25, -0.2) is 4.79 Å². The first-order valence-electron chi connectivity index (χ1n) is 6.52. The topological polar surface area (TPSA) is 109 Å². The number of carboxylic acid groups (broad SMARTS) is 1. The van der Waals surface area contributed by atoms with E-state index in [0.717, 1.165) is 10.9 Å². The SMILES string of the molecule is Cc1c(C)c2ccc(OCC(=O)NCC(=O)[O-])cc2oc1=O. The number of rotatable bonds is 5. The van der Waals surface area contributed by atoms with Gasteiger partial charge >= 0.3 is 5.63 Å². The van der Waals surface area contributed by atoms with Crippen molar-refractivity contribution in [2.45, 2.75) is 13.8 Å². The molecule has 7 nitrogen and oxygen atoms in total. The van der Waals surface area contributed by atoms with Crippen molar-refractivity contribution in [1.82, 2.24) is 5.32 Å². The zero-order valence-corrected chi connectivity index (χ0v) is 12.1. The number of aryl methyl sites for hydroxylation is 1. The van der Waals surface area contributed by atoms with E-state index in [1.165, 1.54) is 6.07 Å². The van der Waals surface area contributed by atoms with Gasteiger partial charge in [0.1, 0.15) is 11.3 Å². The molecule has 0 aliphatic carbocycles. The highest BCUT2D eigenvalue weighted by atomic mass is 16.5. The predicted octanol–water partition coefficient (Wildman–Crippen LogP) is -0.345. The Balaban J connectivity index is 2.13. The standard InChI is InChI=1S/C15H15NO6/c1-8-9(2)15(20)22-12-5-10(3-4-11(8)12)21-7-13(17)16-6-14(18)19/h3-5H,6-7H2,1-2H3,(H,16,17)(H,18,19)/p-1. The number of hydrogen-bond donors (Lipinski definition) is 1. The summed E-state index contributed by atoms with van der Waals surface area (Å²) in [5, 5.41) is 13.1. The third-order valence-electron chi connectivity index (χ3n) is 3.23. The second-order valence-corrected chi connectivity index (χ2v) is 4.73. The van der Waals surface area contributed by atoms with Crippen LogP contribution in [0.3, 0.4) is 0 Å². The molecule has 1 amide bonds. The number of fused-ring (bicyclic) bond motifs is 1. The Morgan fingerprint density at radius 2 is 2.00 bits per heavy atom. The molecule has 0 spiro atoms. The van der Waals surface area contributed by atoms with Crippen LogP contribution in [-0.2, 0) is 9.59 Å². The van der Waals surface area contributed by atoms with E-state index >= 15 is 0 Å². The Bertz CT molecular complexity index is 792. The van der Waals surface area contributed by atoms with Gasteiger partial charge in [0.15, 0.2) is 6.61 Å². The van der Waals surface area contributed by atoms with E-state index in [2.05, 4.69) is 5.32 Å². The number of hydrogen-bond acceptors (Lipinski definition) is 6. The van der Waals surface area contributed by atoms with Gasteiger partial charge in [-0.1, -0.05) is 0 Å². The van der Waals surface area contributed by atoms with Crippen molar-refractivity contribution < 1.29 is 23.8 Å². The summed E-state index contributed by atoms with van der Waals surface area (Å²) >= 11 is 0. The summed E-state index contributed by atoms with van der Waals surface area (Å²) < 4.78 is 10.4. The smallest absolute Gasteiger partial charge is 0.339 e. The molecule has 0 saturated carbocycles. The molecule has 0 atom stereocenters. The quantitative estimate of drug-likeness (QED) is 0.757. The number of aliphatic carboxylic acids is 1. The van der Waals surface area contributed by atoms with Gasteiger partial charge in [-0.05, 0) is 31.5 Å². The Morgan fingerprint density at radius 1 is 1.27 bits per heavy atom. The highest BCUT2D eigenvalue weighted by molar-refractivity contribution is 5.83. The first-order valence-corrected chi connectivity index (χ1v) is 6.52. The number of nitrogens with one attached hydrogen (secondary N) is 1. The van der Waals surface area contributed by atoms with Crippen molar-refractivity contribution >= 4 is 22.8 Å². The fourth-order valence-electron chi connectivity index (χ4n) is 1.89. The maximum Gasteiger partial charge on any atom is 0.339 e. The summed E-state index contributed by atoms with van der Waals surface area (Å²) in [5.74, 6) is -1.64. The van der Waals surface area contributed by atoms with Crippen molar-refractivity contribution in [3.63, 3.8) is 0 Å². The lowest BCUT2D eigenvalue weighted by atomic mass is 10.1. The van der Waals surface area contributed by atoms with E-state index in [1.54, 1.807) is 19.1 Å². The summed E-state index contributed by atoms with van der Waals surface area (Å²) in [5.41, 5.74) is 1.31. The molecule has 0 aliphatic rings. The normalized spacial score (nSPS) is 10.5. The van der Waals surface area contributed by atoms with Crippen molar-refractivity contribution in [2.24, 2.45) is 0 Å². The minimum Gasteiger partial charge on any atom is -0.548 e. The molecule has 22 heavy (non-hydrogen) atoms. The maximum absolute atomic E-state index is 11.6. The molecule has 7 heteroatoms. The van der Waals surface area contributed by atoms with Crippen LogP contribution in [0.2, 0.25) is 0 Å². The van der Waals surface area contributed by atoms with E-state index in [0.29, 0.717) is 16.9 Å². The number of benzene rings is 1. The van der Waals surface area contributed by atoms with Crippen LogP contribution in [0.15, 0.2) is 27.4 Å². The molecular formula is C15H14NO6-. The first kappa shape index (κ1) is 15.6. The second kappa shape index (κ2) is 6.30. The zero-order valence-electron chi connectivity index (χ0n) is 12.1. The fourth-order valence-corrected chi connectivity index (χ4v) is 1.89. The fraction of sp³-hybridized carbons (Fsp3) is 0.267. The summed E-state index contributed by atoms with van der Waals surface area (Å²) in [6, 6.07) is 4.88. The first-order chi connectivity index (χ1) is 10.4. The van der Waals surface area contributed by atoms with Crippen LogP contribution < -0.4 is 20.8 Å².